The fraction of sp³-hybridized carbons (Fsp3) is 0.500. The van der Waals surface area contributed by atoms with E-state index in [0.717, 1.165) is 23.1 Å². The average molecular weight is 346 g/mol. The second kappa shape index (κ2) is 8.81. The molecular weight excluding hydrogens is 326 g/mol. The van der Waals surface area contributed by atoms with Crippen molar-refractivity contribution < 1.29 is 19.0 Å². The van der Waals surface area contributed by atoms with Crippen LogP contribution in [0.2, 0.25) is 0 Å². The lowest BCUT2D eigenvalue weighted by Crippen LogP contribution is -2.14. The smallest absolute Gasteiger partial charge is 0.343 e. The maximum Gasteiger partial charge on any atom is 0.343 e. The fourth-order valence-corrected chi connectivity index (χ4v) is 2.19. The standard InChI is InChI=1S/C14H20BrNO4/c1-4-16-8-10-6-11(15)14(12(7-10)19-5-2)20-9-13(17)18-3/h6-7,16H,4-5,8-9H2,1-3H3. The average Bonchev–Trinajstić information content (AvgIpc) is 2.44. The van der Waals surface area contributed by atoms with E-state index in [-0.39, 0.29) is 6.61 Å². The van der Waals surface area contributed by atoms with Gasteiger partial charge in [0.15, 0.2) is 18.1 Å². The van der Waals surface area contributed by atoms with Gasteiger partial charge in [-0.2, -0.15) is 0 Å². The SMILES string of the molecule is CCNCc1cc(Br)c(OCC(=O)OC)c(OCC)c1. The van der Waals surface area contributed by atoms with Gasteiger partial charge in [-0.3, -0.25) is 0 Å². The van der Waals surface area contributed by atoms with Gasteiger partial charge in [-0.25, -0.2) is 4.79 Å². The molecule has 1 rings (SSSR count). The van der Waals surface area contributed by atoms with Crippen LogP contribution in [0.3, 0.4) is 0 Å². The molecule has 0 heterocycles. The zero-order valence-corrected chi connectivity index (χ0v) is 13.6. The van der Waals surface area contributed by atoms with Crippen LogP contribution in [0, 0.1) is 0 Å². The Kier molecular flexibility index (Phi) is 7.40. The van der Waals surface area contributed by atoms with E-state index >= 15 is 0 Å². The molecule has 0 bridgehead atoms. The van der Waals surface area contributed by atoms with Gasteiger partial charge < -0.3 is 19.5 Å². The van der Waals surface area contributed by atoms with Crippen molar-refractivity contribution in [3.05, 3.63) is 22.2 Å². The minimum Gasteiger partial charge on any atom is -0.490 e. The molecular formula is C14H20BrNO4. The summed E-state index contributed by atoms with van der Waals surface area (Å²) in [4.78, 5) is 11.2. The van der Waals surface area contributed by atoms with Crippen molar-refractivity contribution in [3.63, 3.8) is 0 Å². The lowest BCUT2D eigenvalue weighted by Gasteiger charge is -2.15. The molecule has 0 aliphatic rings. The minimum atomic E-state index is -0.434. The number of methoxy groups -OCH3 is 1. The first-order valence-corrected chi connectivity index (χ1v) is 7.27. The maximum atomic E-state index is 11.2. The summed E-state index contributed by atoms with van der Waals surface area (Å²) in [5.74, 6) is 0.687. The minimum absolute atomic E-state index is 0.151. The van der Waals surface area contributed by atoms with E-state index in [1.807, 2.05) is 26.0 Å². The highest BCUT2D eigenvalue weighted by atomic mass is 79.9. The lowest BCUT2D eigenvalue weighted by atomic mass is 10.2. The Balaban J connectivity index is 2.93. The molecule has 112 valence electrons. The number of benzene rings is 1. The van der Waals surface area contributed by atoms with E-state index in [9.17, 15) is 4.79 Å². The second-order valence-corrected chi connectivity index (χ2v) is 4.84. The lowest BCUT2D eigenvalue weighted by molar-refractivity contribution is -0.142. The Morgan fingerprint density at radius 3 is 2.65 bits per heavy atom. The Bertz CT molecular complexity index is 451. The van der Waals surface area contributed by atoms with Crippen LogP contribution in [0.1, 0.15) is 19.4 Å². The molecule has 0 aliphatic heterocycles. The van der Waals surface area contributed by atoms with Crippen molar-refractivity contribution in [1.29, 1.82) is 0 Å². The Morgan fingerprint density at radius 2 is 2.05 bits per heavy atom. The number of ether oxygens (including phenoxy) is 3. The third kappa shape index (κ3) is 5.02. The molecule has 0 fully saturated rings. The number of esters is 1. The quantitative estimate of drug-likeness (QED) is 0.733. The highest BCUT2D eigenvalue weighted by Gasteiger charge is 2.14. The molecule has 0 aromatic heterocycles. The molecule has 0 saturated heterocycles. The summed E-state index contributed by atoms with van der Waals surface area (Å²) in [7, 11) is 1.32. The number of hydrogen-bond donors (Lipinski definition) is 1. The first-order valence-electron chi connectivity index (χ1n) is 6.47. The fourth-order valence-electron chi connectivity index (χ4n) is 1.59. The van der Waals surface area contributed by atoms with Gasteiger partial charge in [-0.1, -0.05) is 6.92 Å². The maximum absolute atomic E-state index is 11.2. The highest BCUT2D eigenvalue weighted by Crippen LogP contribution is 2.37. The number of nitrogens with one attached hydrogen (secondary N) is 1. The van der Waals surface area contributed by atoms with Crippen molar-refractivity contribution in [2.45, 2.75) is 20.4 Å². The van der Waals surface area contributed by atoms with Crippen molar-refractivity contribution in [1.82, 2.24) is 5.32 Å². The van der Waals surface area contributed by atoms with Gasteiger partial charge >= 0.3 is 5.97 Å². The monoisotopic (exact) mass is 345 g/mol. The normalized spacial score (nSPS) is 10.2. The van der Waals surface area contributed by atoms with Gasteiger partial charge in [0, 0.05) is 6.54 Å². The molecule has 0 radical (unpaired) electrons. The summed E-state index contributed by atoms with van der Waals surface area (Å²) in [6.45, 7) is 5.95. The molecule has 0 amide bonds. The van der Waals surface area contributed by atoms with Crippen LogP contribution >= 0.6 is 15.9 Å². The summed E-state index contributed by atoms with van der Waals surface area (Å²) >= 11 is 3.45. The molecule has 0 saturated carbocycles. The van der Waals surface area contributed by atoms with E-state index in [4.69, 9.17) is 9.47 Å². The molecule has 0 aliphatic carbocycles. The molecule has 6 heteroatoms. The summed E-state index contributed by atoms with van der Waals surface area (Å²) in [5.41, 5.74) is 1.08. The number of carbonyl (C=O) groups is 1. The summed E-state index contributed by atoms with van der Waals surface area (Å²) in [6, 6.07) is 3.85. The van der Waals surface area contributed by atoms with Crippen LogP contribution in [-0.2, 0) is 16.1 Å². The van der Waals surface area contributed by atoms with Crippen molar-refractivity contribution in [2.75, 3.05) is 26.9 Å². The molecule has 1 aromatic carbocycles. The number of rotatable bonds is 8. The van der Waals surface area contributed by atoms with E-state index in [1.165, 1.54) is 7.11 Å². The summed E-state index contributed by atoms with van der Waals surface area (Å²) < 4.78 is 16.3. The van der Waals surface area contributed by atoms with E-state index in [1.54, 1.807) is 0 Å². The number of halogens is 1. The summed E-state index contributed by atoms with van der Waals surface area (Å²) in [5, 5.41) is 3.25. The van der Waals surface area contributed by atoms with Crippen LogP contribution in [0.15, 0.2) is 16.6 Å². The molecule has 0 unspecified atom stereocenters. The van der Waals surface area contributed by atoms with Gasteiger partial charge in [0.05, 0.1) is 18.2 Å². The topological polar surface area (TPSA) is 56.8 Å². The van der Waals surface area contributed by atoms with Crippen LogP contribution in [0.4, 0.5) is 0 Å². The Labute approximate surface area is 127 Å². The van der Waals surface area contributed by atoms with Gasteiger partial charge in [0.1, 0.15) is 0 Å². The highest BCUT2D eigenvalue weighted by molar-refractivity contribution is 9.10. The molecule has 5 nitrogen and oxygen atoms in total. The first-order chi connectivity index (χ1) is 9.62. The Hall–Kier alpha value is -1.27. The molecule has 1 aromatic rings. The third-order valence-electron chi connectivity index (χ3n) is 2.51. The number of carbonyl (C=O) groups excluding carboxylic acids is 1. The van der Waals surface area contributed by atoms with Crippen LogP contribution in [0.5, 0.6) is 11.5 Å². The predicted molar refractivity (Wildman–Crippen MR) is 80.2 cm³/mol. The van der Waals surface area contributed by atoms with Crippen molar-refractivity contribution in [2.24, 2.45) is 0 Å². The number of hydrogen-bond acceptors (Lipinski definition) is 5. The van der Waals surface area contributed by atoms with Crippen LogP contribution in [-0.4, -0.2) is 32.8 Å². The predicted octanol–water partition coefficient (Wildman–Crippen LogP) is 2.51. The van der Waals surface area contributed by atoms with E-state index < -0.39 is 5.97 Å². The van der Waals surface area contributed by atoms with E-state index in [2.05, 4.69) is 26.0 Å². The van der Waals surface area contributed by atoms with Crippen molar-refractivity contribution in [3.8, 4) is 11.5 Å². The Morgan fingerprint density at radius 1 is 1.30 bits per heavy atom. The van der Waals surface area contributed by atoms with Crippen LogP contribution in [0.25, 0.3) is 0 Å². The molecule has 1 N–H and O–H groups in total. The van der Waals surface area contributed by atoms with Crippen molar-refractivity contribution >= 4 is 21.9 Å². The molecule has 20 heavy (non-hydrogen) atoms. The van der Waals surface area contributed by atoms with Gasteiger partial charge in [-0.05, 0) is 47.1 Å². The summed E-state index contributed by atoms with van der Waals surface area (Å²) in [6.07, 6.45) is 0. The van der Waals surface area contributed by atoms with Crippen LogP contribution < -0.4 is 14.8 Å². The zero-order valence-electron chi connectivity index (χ0n) is 12.0. The largest absolute Gasteiger partial charge is 0.490 e. The molecule has 0 spiro atoms. The zero-order chi connectivity index (χ0) is 15.0. The third-order valence-corrected chi connectivity index (χ3v) is 3.10. The van der Waals surface area contributed by atoms with Gasteiger partial charge in [-0.15, -0.1) is 0 Å². The van der Waals surface area contributed by atoms with Gasteiger partial charge in [0.25, 0.3) is 0 Å². The first kappa shape index (κ1) is 16.8. The molecule has 0 atom stereocenters. The second-order valence-electron chi connectivity index (χ2n) is 3.98. The van der Waals surface area contributed by atoms with Gasteiger partial charge in [0.2, 0.25) is 0 Å². The van der Waals surface area contributed by atoms with E-state index in [0.29, 0.717) is 18.1 Å².